The number of methoxy groups -OCH3 is 1. The molecule has 0 radical (unpaired) electrons. The van der Waals surface area contributed by atoms with Crippen molar-refractivity contribution in [3.05, 3.63) is 53.8 Å². The van der Waals surface area contributed by atoms with E-state index in [1.165, 1.54) is 29.6 Å². The molecule has 4 rings (SSSR count). The van der Waals surface area contributed by atoms with Crippen LogP contribution in [-0.2, 0) is 19.6 Å². The monoisotopic (exact) mass is 486 g/mol. The Morgan fingerprint density at radius 2 is 1.82 bits per heavy atom. The molecular weight excluding hydrogens is 460 g/mol. The molecule has 0 unspecified atom stereocenters. The van der Waals surface area contributed by atoms with Gasteiger partial charge in [0.1, 0.15) is 11.3 Å². The molecular formula is C24H26N2O7S. The Balaban J connectivity index is 1.46. The van der Waals surface area contributed by atoms with Crippen LogP contribution in [-0.4, -0.2) is 51.4 Å². The van der Waals surface area contributed by atoms with E-state index in [-0.39, 0.29) is 22.1 Å². The number of hydrogen-bond donors (Lipinski definition) is 1. The summed E-state index contributed by atoms with van der Waals surface area (Å²) in [5, 5.41) is 3.36. The predicted molar refractivity (Wildman–Crippen MR) is 125 cm³/mol. The molecule has 0 atom stereocenters. The van der Waals surface area contributed by atoms with Crippen molar-refractivity contribution in [3.63, 3.8) is 0 Å². The maximum atomic E-state index is 13.0. The number of rotatable bonds is 7. The highest BCUT2D eigenvalue weighted by Gasteiger charge is 2.27. The molecule has 0 saturated carbocycles. The van der Waals surface area contributed by atoms with Gasteiger partial charge in [0.25, 0.3) is 5.91 Å². The minimum absolute atomic E-state index is 0.0289. The van der Waals surface area contributed by atoms with Crippen molar-refractivity contribution < 1.29 is 31.9 Å². The number of ether oxygens (including phenoxy) is 2. The molecule has 2 heterocycles. The van der Waals surface area contributed by atoms with Gasteiger partial charge >= 0.3 is 5.97 Å². The Bertz CT molecular complexity index is 1320. The van der Waals surface area contributed by atoms with Gasteiger partial charge in [0.2, 0.25) is 15.8 Å². The number of hydrogen-bond acceptors (Lipinski definition) is 7. The molecule has 1 aliphatic heterocycles. The summed E-state index contributed by atoms with van der Waals surface area (Å²) in [6, 6.07) is 11.5. The number of aryl methyl sites for hydroxylation is 1. The first-order valence-electron chi connectivity index (χ1n) is 10.9. The number of para-hydroxylation sites is 1. The molecule has 180 valence electrons. The number of carbonyl (C=O) groups excluding carboxylic acids is 2. The summed E-state index contributed by atoms with van der Waals surface area (Å²) in [7, 11) is -2.29. The molecule has 9 nitrogen and oxygen atoms in total. The molecule has 2 aromatic carbocycles. The van der Waals surface area contributed by atoms with Crippen molar-refractivity contribution >= 4 is 38.6 Å². The van der Waals surface area contributed by atoms with Gasteiger partial charge in [-0.3, -0.25) is 4.79 Å². The van der Waals surface area contributed by atoms with Crippen LogP contribution in [0.3, 0.4) is 0 Å². The van der Waals surface area contributed by atoms with E-state index in [0.29, 0.717) is 24.2 Å². The van der Waals surface area contributed by atoms with Crippen LogP contribution in [0.25, 0.3) is 11.0 Å². The fraction of sp³-hybridized carbons (Fsp3) is 0.333. The van der Waals surface area contributed by atoms with Crippen LogP contribution < -0.4 is 10.1 Å². The molecule has 0 bridgehead atoms. The zero-order valence-electron chi connectivity index (χ0n) is 19.0. The summed E-state index contributed by atoms with van der Waals surface area (Å²) in [4.78, 5) is 25.0. The summed E-state index contributed by atoms with van der Waals surface area (Å²) in [6.45, 7) is 2.09. The summed E-state index contributed by atoms with van der Waals surface area (Å²) in [6.07, 6.45) is 2.63. The van der Waals surface area contributed by atoms with E-state index in [2.05, 4.69) is 5.32 Å². The molecule has 1 fully saturated rings. The van der Waals surface area contributed by atoms with Gasteiger partial charge in [-0.05, 0) is 44.0 Å². The number of benzene rings is 2. The summed E-state index contributed by atoms with van der Waals surface area (Å²) < 4.78 is 43.4. The Kier molecular flexibility index (Phi) is 6.90. The lowest BCUT2D eigenvalue weighted by atomic mass is 10.1. The molecule has 1 saturated heterocycles. The lowest BCUT2D eigenvalue weighted by Crippen LogP contribution is -2.35. The average molecular weight is 487 g/mol. The number of nitrogens with one attached hydrogen (secondary N) is 1. The molecule has 10 heteroatoms. The first-order chi connectivity index (χ1) is 16.3. The van der Waals surface area contributed by atoms with Crippen LogP contribution in [0, 0.1) is 6.92 Å². The van der Waals surface area contributed by atoms with E-state index < -0.39 is 28.5 Å². The van der Waals surface area contributed by atoms with Gasteiger partial charge in [0.05, 0.1) is 17.7 Å². The van der Waals surface area contributed by atoms with Crippen LogP contribution in [0.5, 0.6) is 5.75 Å². The maximum absolute atomic E-state index is 13.0. The lowest BCUT2D eigenvalue weighted by Gasteiger charge is -2.26. The van der Waals surface area contributed by atoms with Crippen LogP contribution in [0.2, 0.25) is 0 Å². The largest absolute Gasteiger partial charge is 0.495 e. The molecule has 1 aliphatic rings. The minimum atomic E-state index is -3.70. The molecule has 34 heavy (non-hydrogen) atoms. The second-order valence-corrected chi connectivity index (χ2v) is 9.94. The van der Waals surface area contributed by atoms with Crippen molar-refractivity contribution in [2.45, 2.75) is 31.1 Å². The number of furan rings is 1. The number of nitrogens with zero attached hydrogens (tertiary/aromatic N) is 1. The van der Waals surface area contributed by atoms with Gasteiger partial charge in [-0.2, -0.15) is 4.31 Å². The van der Waals surface area contributed by atoms with Crippen molar-refractivity contribution in [2.24, 2.45) is 0 Å². The highest BCUT2D eigenvalue weighted by molar-refractivity contribution is 7.89. The van der Waals surface area contributed by atoms with Crippen LogP contribution in [0.1, 0.15) is 35.4 Å². The molecule has 1 amide bonds. The Morgan fingerprint density at radius 1 is 1.09 bits per heavy atom. The smallest absolute Gasteiger partial charge is 0.375 e. The Morgan fingerprint density at radius 3 is 2.53 bits per heavy atom. The average Bonchev–Trinajstić information content (AvgIpc) is 3.19. The quantitative estimate of drug-likeness (QED) is 0.506. The fourth-order valence-corrected chi connectivity index (χ4v) is 5.50. The zero-order valence-corrected chi connectivity index (χ0v) is 19.8. The molecule has 1 N–H and O–H groups in total. The van der Waals surface area contributed by atoms with E-state index in [1.54, 1.807) is 19.1 Å². The van der Waals surface area contributed by atoms with Gasteiger partial charge in [-0.1, -0.05) is 24.6 Å². The SMILES string of the molecule is COc1ccc(S(=O)(=O)N2CCCCC2)cc1NC(=O)COC(=O)c1oc2ccccc2c1C. The molecule has 0 aliphatic carbocycles. The number of esters is 1. The van der Waals surface area contributed by atoms with Crippen LogP contribution in [0.4, 0.5) is 5.69 Å². The first-order valence-corrected chi connectivity index (χ1v) is 12.4. The summed E-state index contributed by atoms with van der Waals surface area (Å²) in [5.41, 5.74) is 1.34. The van der Waals surface area contributed by atoms with Crippen molar-refractivity contribution in [2.75, 3.05) is 32.1 Å². The van der Waals surface area contributed by atoms with Gasteiger partial charge in [0, 0.05) is 24.0 Å². The van der Waals surface area contributed by atoms with Crippen LogP contribution >= 0.6 is 0 Å². The number of piperidine rings is 1. The number of carbonyl (C=O) groups is 2. The van der Waals surface area contributed by atoms with Crippen LogP contribution in [0.15, 0.2) is 51.8 Å². The maximum Gasteiger partial charge on any atom is 0.375 e. The third-order valence-electron chi connectivity index (χ3n) is 5.76. The number of sulfonamides is 1. The third kappa shape index (κ3) is 4.78. The molecule has 1 aromatic heterocycles. The number of fused-ring (bicyclic) bond motifs is 1. The van der Waals surface area contributed by atoms with E-state index in [9.17, 15) is 18.0 Å². The minimum Gasteiger partial charge on any atom is -0.495 e. The van der Waals surface area contributed by atoms with Crippen molar-refractivity contribution in [3.8, 4) is 5.75 Å². The fourth-order valence-electron chi connectivity index (χ4n) is 3.95. The van der Waals surface area contributed by atoms with E-state index in [0.717, 1.165) is 24.6 Å². The standard InChI is InChI=1S/C24H26N2O7S/c1-16-18-8-4-5-9-20(18)33-23(16)24(28)32-15-22(27)25-19-14-17(10-11-21(19)31-2)34(29,30)26-12-6-3-7-13-26/h4-5,8-11,14H,3,6-7,12-13,15H2,1-2H3,(H,25,27). The number of anilines is 1. The molecule has 3 aromatic rings. The van der Waals surface area contributed by atoms with E-state index in [4.69, 9.17) is 13.9 Å². The second kappa shape index (κ2) is 9.86. The summed E-state index contributed by atoms with van der Waals surface area (Å²) in [5.74, 6) is -1.10. The van der Waals surface area contributed by atoms with Gasteiger partial charge in [-0.15, -0.1) is 0 Å². The Hall–Kier alpha value is -3.37. The van der Waals surface area contributed by atoms with Gasteiger partial charge < -0.3 is 19.2 Å². The summed E-state index contributed by atoms with van der Waals surface area (Å²) >= 11 is 0. The van der Waals surface area contributed by atoms with E-state index in [1.807, 2.05) is 12.1 Å². The lowest BCUT2D eigenvalue weighted by molar-refractivity contribution is -0.119. The molecule has 0 spiro atoms. The van der Waals surface area contributed by atoms with E-state index >= 15 is 0 Å². The second-order valence-electron chi connectivity index (χ2n) is 8.00. The topological polar surface area (TPSA) is 115 Å². The Labute approximate surface area is 197 Å². The van der Waals surface area contributed by atoms with Gasteiger partial charge in [-0.25, -0.2) is 13.2 Å². The highest BCUT2D eigenvalue weighted by Crippen LogP contribution is 2.30. The third-order valence-corrected chi connectivity index (χ3v) is 7.66. The first kappa shape index (κ1) is 23.8. The zero-order chi connectivity index (χ0) is 24.3. The van der Waals surface area contributed by atoms with Crippen molar-refractivity contribution in [1.29, 1.82) is 0 Å². The predicted octanol–water partition coefficient (Wildman–Crippen LogP) is 3.72. The highest BCUT2D eigenvalue weighted by atomic mass is 32.2. The van der Waals surface area contributed by atoms with Gasteiger partial charge in [0.15, 0.2) is 6.61 Å². The number of amides is 1. The van der Waals surface area contributed by atoms with Crippen molar-refractivity contribution in [1.82, 2.24) is 4.31 Å². The normalized spacial score (nSPS) is 14.6.